The molecule has 0 spiro atoms. The van der Waals surface area contributed by atoms with Gasteiger partial charge in [-0.3, -0.25) is 14.3 Å². The van der Waals surface area contributed by atoms with E-state index in [-0.39, 0.29) is 48.6 Å². The van der Waals surface area contributed by atoms with E-state index in [4.69, 9.17) is 23.7 Å². The van der Waals surface area contributed by atoms with Gasteiger partial charge in [0.25, 0.3) is 5.56 Å². The Labute approximate surface area is 327 Å². The van der Waals surface area contributed by atoms with E-state index in [0.29, 0.717) is 10.0 Å². The Morgan fingerprint density at radius 2 is 1.36 bits per heavy atom. The Bertz CT molecular complexity index is 2250. The first-order valence-electron chi connectivity index (χ1n) is 16.4. The lowest BCUT2D eigenvalue weighted by Gasteiger charge is -2.18. The number of ether oxygens (including phenoxy) is 5. The van der Waals surface area contributed by atoms with Crippen LogP contribution in [0.25, 0.3) is 0 Å². The van der Waals surface area contributed by atoms with Crippen LogP contribution in [-0.4, -0.2) is 62.5 Å². The molecule has 0 unspecified atom stereocenters. The predicted molar refractivity (Wildman–Crippen MR) is 198 cm³/mol. The van der Waals surface area contributed by atoms with Crippen molar-refractivity contribution in [2.45, 2.75) is 51.2 Å². The highest BCUT2D eigenvalue weighted by Crippen LogP contribution is 2.31. The van der Waals surface area contributed by atoms with Gasteiger partial charge in [-0.1, -0.05) is 60.7 Å². The third-order valence-electron chi connectivity index (χ3n) is 7.77. The van der Waals surface area contributed by atoms with Crippen LogP contribution in [0.5, 0.6) is 0 Å². The highest BCUT2D eigenvalue weighted by molar-refractivity contribution is 9.10. The van der Waals surface area contributed by atoms with Gasteiger partial charge in [-0.2, -0.15) is 0 Å². The van der Waals surface area contributed by atoms with E-state index >= 15 is 0 Å². The summed E-state index contributed by atoms with van der Waals surface area (Å²) in [5.74, 6) is -1.64. The second-order valence-electron chi connectivity index (χ2n) is 11.6. The molecule has 2 aromatic carbocycles. The van der Waals surface area contributed by atoms with Crippen molar-refractivity contribution in [1.29, 1.82) is 0 Å². The van der Waals surface area contributed by atoms with Gasteiger partial charge in [-0.15, -0.1) is 22.7 Å². The molecule has 3 aromatic heterocycles. The number of alkyl carbamates (subject to hydrolysis) is 2. The summed E-state index contributed by atoms with van der Waals surface area (Å²) >= 11 is 5.33. The Balaban J connectivity index is 1.04. The molecule has 1 aliphatic heterocycles. The molecule has 0 saturated carbocycles. The topological polar surface area (TPSA) is 219 Å². The van der Waals surface area contributed by atoms with Crippen molar-refractivity contribution in [3.05, 3.63) is 135 Å². The molecule has 0 radical (unpaired) electrons. The zero-order chi connectivity index (χ0) is 38.7. The molecule has 55 heavy (non-hydrogen) atoms. The number of nitrogens with one attached hydrogen (secondary N) is 3. The predicted octanol–water partition coefficient (Wildman–Crippen LogP) is 4.44. The van der Waals surface area contributed by atoms with E-state index < -0.39 is 60.4 Å². The summed E-state index contributed by atoms with van der Waals surface area (Å²) in [7, 11) is 0. The fraction of sp³-hybridized carbons (Fsp3) is 0.257. The SMILES string of the molecule is O=C(NCc1nc(C(=O)OC[C@H]2O[C@@H](n3cc(Br)c(=O)[nH]c3=O)C[C@@H]2OC(=O)c2csc(CNC(=O)OCc3ccccc3)n2)cs1)OCc1ccccc1. The maximum absolute atomic E-state index is 13.2. The van der Waals surface area contributed by atoms with Crippen molar-refractivity contribution in [1.82, 2.24) is 30.2 Å². The molecule has 1 aliphatic rings. The van der Waals surface area contributed by atoms with E-state index in [0.717, 1.165) is 38.4 Å². The summed E-state index contributed by atoms with van der Waals surface area (Å²) in [6, 6.07) is 18.3. The smallest absolute Gasteiger partial charge is 0.407 e. The zero-order valence-electron chi connectivity index (χ0n) is 28.5. The number of hydrogen-bond acceptors (Lipinski definition) is 15. The number of amides is 2. The van der Waals surface area contributed by atoms with Gasteiger partial charge in [-0.25, -0.2) is 33.9 Å². The standard InChI is InChI=1S/C35H31BrN6O11S2/c36-22-14-42(33(46)41-30(22)43)29-11-25(53-32(45)24-19-55-28(40-24)13-38-35(48)51-16-21-9-5-2-6-10-21)26(52-29)17-49-31(44)23-18-54-27(39-23)12-37-34(47)50-15-20-7-3-1-4-8-20/h1-10,14,18-19,25-26,29H,11-13,15-17H2,(H,37,47)(H,38,48)(H,41,43,46)/t25-,26+,29+/m0/s1. The number of benzene rings is 2. The number of thiazole rings is 2. The van der Waals surface area contributed by atoms with Crippen LogP contribution < -0.4 is 21.9 Å². The summed E-state index contributed by atoms with van der Waals surface area (Å²) in [6.07, 6.45) is -3.22. The minimum atomic E-state index is -1.05. The lowest BCUT2D eigenvalue weighted by molar-refractivity contribution is -0.0585. The van der Waals surface area contributed by atoms with Crippen molar-refractivity contribution in [3.63, 3.8) is 0 Å². The van der Waals surface area contributed by atoms with Crippen LogP contribution in [0, 0.1) is 0 Å². The second-order valence-corrected chi connectivity index (χ2v) is 14.4. The van der Waals surface area contributed by atoms with Crippen molar-refractivity contribution >= 4 is 62.7 Å². The van der Waals surface area contributed by atoms with Crippen molar-refractivity contribution in [3.8, 4) is 0 Å². The van der Waals surface area contributed by atoms with Crippen molar-refractivity contribution in [2.24, 2.45) is 0 Å². The fourth-order valence-corrected chi connectivity index (χ4v) is 6.79. The molecule has 5 aromatic rings. The molecule has 0 bridgehead atoms. The molecule has 0 aliphatic carbocycles. The van der Waals surface area contributed by atoms with Gasteiger partial charge in [0.15, 0.2) is 11.4 Å². The fourth-order valence-electron chi connectivity index (χ4n) is 5.07. The number of hydrogen-bond donors (Lipinski definition) is 3. The highest BCUT2D eigenvalue weighted by Gasteiger charge is 2.41. The molecule has 3 atom stereocenters. The molecular formula is C35H31BrN6O11S2. The van der Waals surface area contributed by atoms with Crippen LogP contribution >= 0.6 is 38.6 Å². The number of aromatic nitrogens is 4. The zero-order valence-corrected chi connectivity index (χ0v) is 31.7. The summed E-state index contributed by atoms with van der Waals surface area (Å²) in [6.45, 7) is -0.224. The van der Waals surface area contributed by atoms with E-state index in [9.17, 15) is 28.8 Å². The Morgan fingerprint density at radius 3 is 1.93 bits per heavy atom. The van der Waals surface area contributed by atoms with E-state index in [2.05, 4.69) is 41.5 Å². The molecule has 1 fully saturated rings. The van der Waals surface area contributed by atoms with E-state index in [1.54, 1.807) is 0 Å². The first-order valence-corrected chi connectivity index (χ1v) is 19.0. The summed E-state index contributed by atoms with van der Waals surface area (Å²) in [4.78, 5) is 85.7. The van der Waals surface area contributed by atoms with Gasteiger partial charge < -0.3 is 34.3 Å². The summed E-state index contributed by atoms with van der Waals surface area (Å²) in [5.41, 5.74) is 0.152. The number of carbonyl (C=O) groups excluding carboxylic acids is 4. The van der Waals surface area contributed by atoms with Crippen LogP contribution in [0.3, 0.4) is 0 Å². The van der Waals surface area contributed by atoms with Gasteiger partial charge in [-0.05, 0) is 27.1 Å². The monoisotopic (exact) mass is 854 g/mol. The molecule has 1 saturated heterocycles. The van der Waals surface area contributed by atoms with Crippen LogP contribution in [0.4, 0.5) is 9.59 Å². The Morgan fingerprint density at radius 1 is 0.818 bits per heavy atom. The summed E-state index contributed by atoms with van der Waals surface area (Å²) in [5, 5.41) is 8.89. The van der Waals surface area contributed by atoms with Crippen molar-refractivity contribution in [2.75, 3.05) is 6.61 Å². The lowest BCUT2D eigenvalue weighted by Crippen LogP contribution is -2.33. The first kappa shape index (κ1) is 39.0. The Kier molecular flexibility index (Phi) is 13.2. The molecule has 20 heteroatoms. The van der Waals surface area contributed by atoms with Crippen LogP contribution in [-0.2, 0) is 50.0 Å². The molecule has 4 heterocycles. The van der Waals surface area contributed by atoms with Crippen LogP contribution in [0.2, 0.25) is 0 Å². The van der Waals surface area contributed by atoms with Gasteiger partial charge in [0.1, 0.15) is 48.3 Å². The van der Waals surface area contributed by atoms with E-state index in [1.165, 1.54) is 17.0 Å². The maximum atomic E-state index is 13.2. The molecular weight excluding hydrogens is 824 g/mol. The van der Waals surface area contributed by atoms with Crippen LogP contribution in [0.1, 0.15) is 54.8 Å². The molecule has 3 N–H and O–H groups in total. The largest absolute Gasteiger partial charge is 0.458 e. The molecule has 6 rings (SSSR count). The molecule has 17 nitrogen and oxygen atoms in total. The third kappa shape index (κ3) is 10.9. The van der Waals surface area contributed by atoms with Gasteiger partial charge >= 0.3 is 29.8 Å². The van der Waals surface area contributed by atoms with Crippen molar-refractivity contribution < 1.29 is 42.9 Å². The van der Waals surface area contributed by atoms with E-state index in [1.807, 2.05) is 60.7 Å². The third-order valence-corrected chi connectivity index (χ3v) is 10.0. The number of esters is 2. The summed E-state index contributed by atoms with van der Waals surface area (Å²) < 4.78 is 28.8. The molecule has 286 valence electrons. The quantitative estimate of drug-likeness (QED) is 0.104. The maximum Gasteiger partial charge on any atom is 0.407 e. The van der Waals surface area contributed by atoms with Crippen LogP contribution in [0.15, 0.2) is 91.7 Å². The van der Waals surface area contributed by atoms with Gasteiger partial charge in [0, 0.05) is 23.4 Å². The van der Waals surface area contributed by atoms with Gasteiger partial charge in [0.2, 0.25) is 0 Å². The minimum Gasteiger partial charge on any atom is -0.458 e. The minimum absolute atomic E-state index is 0.00446. The highest BCUT2D eigenvalue weighted by atomic mass is 79.9. The average Bonchev–Trinajstić information content (AvgIpc) is 3.97. The molecule has 2 amide bonds. The number of aromatic amines is 1. The lowest BCUT2D eigenvalue weighted by atomic mass is 10.2. The average molecular weight is 856 g/mol. The second kappa shape index (κ2) is 18.6. The first-order chi connectivity index (χ1) is 26.6. The number of H-pyrrole nitrogens is 1. The number of carbonyl (C=O) groups is 4. The number of rotatable bonds is 14. The normalized spacial score (nSPS) is 16.2. The van der Waals surface area contributed by atoms with Gasteiger partial charge in [0.05, 0.1) is 17.6 Å². The number of nitrogens with zero attached hydrogens (tertiary/aromatic N) is 3. The Hall–Kier alpha value is -5.70. The number of halogens is 1.